The van der Waals surface area contributed by atoms with Crippen molar-refractivity contribution in [3.8, 4) is 23.0 Å². The van der Waals surface area contributed by atoms with Gasteiger partial charge in [0, 0.05) is 80.8 Å². The van der Waals surface area contributed by atoms with Gasteiger partial charge in [-0.2, -0.15) is 0 Å². The number of aromatic hydroxyl groups is 3. The standard InChI is InChI=1S/C50H58N4O9/c1-5-32-9-11-41(63-31(3)57)23-40(59)24-46(36-20-47(60)50(61)48(21-36)62-4)53-27-43-35(29-55)10-12-45(44(43)28-53)54(16-14-30(2)56)49-22-34(13-15-52-49)42(33-7-6-8-39(58)18-33)19-38-26-51-25-37(38)17-32/h6-8,10,12-13,18,20-22,25-28,32,41-42,46,51-52,55,58,60-61H,5,9,11,14-17,19,23-24,29H2,1-4H3. The van der Waals surface area contributed by atoms with Crippen LogP contribution in [0.25, 0.3) is 10.8 Å². The van der Waals surface area contributed by atoms with Crippen molar-refractivity contribution in [3.05, 3.63) is 125 Å². The van der Waals surface area contributed by atoms with E-state index in [1.54, 1.807) is 19.1 Å². The first-order chi connectivity index (χ1) is 30.3. The highest BCUT2D eigenvalue weighted by Gasteiger charge is 2.29. The van der Waals surface area contributed by atoms with Crippen LogP contribution in [0.15, 0.2) is 96.9 Å². The second-order valence-corrected chi connectivity index (χ2v) is 16.9. The summed E-state index contributed by atoms with van der Waals surface area (Å²) in [6.07, 6.45) is 15.1. The summed E-state index contributed by atoms with van der Waals surface area (Å²) in [5.41, 5.74) is 6.19. The van der Waals surface area contributed by atoms with Crippen LogP contribution < -0.4 is 15.0 Å². The quantitative estimate of drug-likeness (QED) is 0.0623. The number of phenolic OH excluding ortho intramolecular Hbond substituents is 3. The number of Topliss-reactive ketones (excluding diaryl/α,β-unsaturated/α-hetero) is 2. The van der Waals surface area contributed by atoms with Gasteiger partial charge in [0.1, 0.15) is 29.2 Å². The summed E-state index contributed by atoms with van der Waals surface area (Å²) >= 11 is 0. The van der Waals surface area contributed by atoms with Gasteiger partial charge in [-0.1, -0.05) is 37.6 Å². The number of ketones is 2. The maximum absolute atomic E-state index is 14.3. The van der Waals surface area contributed by atoms with Crippen molar-refractivity contribution < 1.29 is 44.3 Å². The number of benzene rings is 3. The van der Waals surface area contributed by atoms with Gasteiger partial charge in [0.2, 0.25) is 5.75 Å². The highest BCUT2D eigenvalue weighted by molar-refractivity contribution is 5.97. The molecule has 13 heteroatoms. The van der Waals surface area contributed by atoms with E-state index in [1.165, 1.54) is 25.7 Å². The molecule has 0 saturated carbocycles. The van der Waals surface area contributed by atoms with Crippen LogP contribution in [-0.4, -0.2) is 73.8 Å². The van der Waals surface area contributed by atoms with E-state index in [0.29, 0.717) is 48.9 Å². The molecular weight excluding hydrogens is 801 g/mol. The van der Waals surface area contributed by atoms with Gasteiger partial charge in [-0.05, 0) is 108 Å². The minimum absolute atomic E-state index is 0.0139. The molecule has 0 aliphatic carbocycles. The first-order valence-electron chi connectivity index (χ1n) is 21.7. The van der Waals surface area contributed by atoms with Crippen LogP contribution in [0, 0.1) is 5.92 Å². The Kier molecular flexibility index (Phi) is 13.9. The topological polar surface area (TPSA) is 187 Å². The lowest BCUT2D eigenvalue weighted by Gasteiger charge is -2.32. The lowest BCUT2D eigenvalue weighted by Crippen LogP contribution is -2.35. The Morgan fingerprint density at radius 1 is 0.905 bits per heavy atom. The zero-order valence-corrected chi connectivity index (χ0v) is 36.4. The first kappa shape index (κ1) is 44.6. The number of esters is 1. The molecule has 0 saturated heterocycles. The number of fused-ring (bicyclic) bond motifs is 3. The number of carbonyl (C=O) groups is 3. The van der Waals surface area contributed by atoms with Crippen LogP contribution >= 0.6 is 0 Å². The van der Waals surface area contributed by atoms with Crippen LogP contribution in [0.2, 0.25) is 0 Å². The molecule has 4 bridgehead atoms. The van der Waals surface area contributed by atoms with Crippen molar-refractivity contribution in [2.45, 2.75) is 96.8 Å². The number of methoxy groups -OCH3 is 1. The number of hydrogen-bond acceptors (Lipinski definition) is 11. The van der Waals surface area contributed by atoms with Crippen molar-refractivity contribution in [2.75, 3.05) is 25.1 Å². The number of aromatic amines is 1. The fourth-order valence-corrected chi connectivity index (χ4v) is 9.17. The molecule has 0 spiro atoms. The number of aromatic nitrogens is 2. The summed E-state index contributed by atoms with van der Waals surface area (Å²) in [7, 11) is 1.38. The summed E-state index contributed by atoms with van der Waals surface area (Å²) in [6.45, 7) is 5.62. The van der Waals surface area contributed by atoms with E-state index in [2.05, 4.69) is 34.3 Å². The van der Waals surface area contributed by atoms with E-state index < -0.39 is 29.6 Å². The smallest absolute Gasteiger partial charge is 0.302 e. The fourth-order valence-electron chi connectivity index (χ4n) is 9.17. The van der Waals surface area contributed by atoms with Crippen LogP contribution in [0.1, 0.15) is 99.1 Å². The number of phenols is 3. The predicted molar refractivity (Wildman–Crippen MR) is 241 cm³/mol. The first-order valence-corrected chi connectivity index (χ1v) is 21.7. The highest BCUT2D eigenvalue weighted by atomic mass is 16.5. The number of carbonyl (C=O) groups excluding carboxylic acids is 3. The number of anilines is 1. The van der Waals surface area contributed by atoms with E-state index >= 15 is 0 Å². The fraction of sp³-hybridized carbons (Fsp3) is 0.380. The Balaban J connectivity index is 1.43. The number of H-pyrrole nitrogens is 1. The summed E-state index contributed by atoms with van der Waals surface area (Å²) in [5.74, 6) is -0.436. The van der Waals surface area contributed by atoms with Gasteiger partial charge in [-0.15, -0.1) is 0 Å². The number of hydrogen-bond donors (Lipinski definition) is 6. The Bertz CT molecular complexity index is 2530. The Morgan fingerprint density at radius 2 is 1.68 bits per heavy atom. The van der Waals surface area contributed by atoms with Crippen molar-refractivity contribution in [1.82, 2.24) is 14.9 Å². The van der Waals surface area contributed by atoms with Crippen molar-refractivity contribution in [2.24, 2.45) is 5.92 Å². The number of nitrogens with one attached hydrogen (secondary N) is 2. The summed E-state index contributed by atoms with van der Waals surface area (Å²) in [6, 6.07) is 13.4. The van der Waals surface area contributed by atoms with E-state index in [0.717, 1.165) is 46.4 Å². The molecule has 4 heterocycles. The maximum atomic E-state index is 14.3. The summed E-state index contributed by atoms with van der Waals surface area (Å²) < 4.78 is 13.1. The molecule has 63 heavy (non-hydrogen) atoms. The molecule has 332 valence electrons. The molecule has 4 atom stereocenters. The van der Waals surface area contributed by atoms with Crippen LogP contribution in [0.4, 0.5) is 5.69 Å². The number of dihydropyridines is 1. The summed E-state index contributed by atoms with van der Waals surface area (Å²) in [5, 5.41) is 47.9. The number of ether oxygens (including phenoxy) is 2. The normalized spacial score (nSPS) is 20.0. The predicted octanol–water partition coefficient (Wildman–Crippen LogP) is 8.00. The number of rotatable bonds is 9. The SMILES string of the molecule is CCC1CCC(OC(C)=O)CC(=O)CC(c2cc(O)c(O)c(OC)c2)n2cc3c(CO)ccc(c3c2)N(CCC(C)=O)C2=CC(=CCN2)C(c2cccc(O)c2)Cc2c[nH]cc2C1. The molecule has 13 nitrogen and oxygen atoms in total. The molecule has 3 aromatic carbocycles. The third-order valence-corrected chi connectivity index (χ3v) is 12.5. The van der Waals surface area contributed by atoms with E-state index in [9.17, 15) is 34.8 Å². The van der Waals surface area contributed by atoms with Gasteiger partial charge in [0.05, 0.1) is 25.4 Å². The molecule has 4 unspecified atom stereocenters. The number of nitrogens with zero attached hydrogens (tertiary/aromatic N) is 2. The van der Waals surface area contributed by atoms with Gasteiger partial charge in [-0.25, -0.2) is 0 Å². The lowest BCUT2D eigenvalue weighted by molar-refractivity contribution is -0.148. The van der Waals surface area contributed by atoms with Crippen molar-refractivity contribution >= 4 is 34.0 Å². The van der Waals surface area contributed by atoms with E-state index in [4.69, 9.17) is 9.47 Å². The molecule has 7 rings (SSSR count). The third kappa shape index (κ3) is 10.3. The number of aliphatic hydroxyl groups is 1. The third-order valence-electron chi connectivity index (χ3n) is 12.5. The second kappa shape index (κ2) is 19.7. The molecular formula is C50H58N4O9. The van der Waals surface area contributed by atoms with Crippen LogP contribution in [0.3, 0.4) is 0 Å². The Morgan fingerprint density at radius 3 is 2.40 bits per heavy atom. The van der Waals surface area contributed by atoms with Crippen molar-refractivity contribution in [3.63, 3.8) is 0 Å². The second-order valence-electron chi connectivity index (χ2n) is 16.9. The number of aliphatic hydroxyl groups excluding tert-OH is 1. The highest BCUT2D eigenvalue weighted by Crippen LogP contribution is 2.42. The molecule has 2 aliphatic rings. The zero-order valence-electron chi connectivity index (χ0n) is 36.4. The van der Waals surface area contributed by atoms with E-state index in [1.807, 2.05) is 59.7 Å². The largest absolute Gasteiger partial charge is 0.508 e. The molecule has 2 aliphatic heterocycles. The summed E-state index contributed by atoms with van der Waals surface area (Å²) in [4.78, 5) is 44.9. The molecule has 0 radical (unpaired) electrons. The minimum Gasteiger partial charge on any atom is -0.508 e. The maximum Gasteiger partial charge on any atom is 0.302 e. The lowest BCUT2D eigenvalue weighted by atomic mass is 9.82. The van der Waals surface area contributed by atoms with E-state index in [-0.39, 0.29) is 60.8 Å². The van der Waals surface area contributed by atoms with Crippen LogP contribution in [0.5, 0.6) is 23.0 Å². The molecule has 6 N–H and O–H groups in total. The monoisotopic (exact) mass is 858 g/mol. The Labute approximate surface area is 367 Å². The molecule has 0 fully saturated rings. The zero-order chi connectivity index (χ0) is 44.8. The minimum atomic E-state index is -0.734. The molecule has 2 aromatic heterocycles. The average molecular weight is 859 g/mol. The van der Waals surface area contributed by atoms with Gasteiger partial charge in [-0.3, -0.25) is 14.4 Å². The van der Waals surface area contributed by atoms with Gasteiger partial charge in [0.25, 0.3) is 0 Å². The van der Waals surface area contributed by atoms with Crippen molar-refractivity contribution in [1.29, 1.82) is 0 Å². The molecule has 0 amide bonds. The van der Waals surface area contributed by atoms with Gasteiger partial charge in [0.15, 0.2) is 11.5 Å². The van der Waals surface area contributed by atoms with Gasteiger partial charge >= 0.3 is 5.97 Å². The number of allylic oxidation sites excluding steroid dienone is 2. The Hall–Kier alpha value is -6.47. The van der Waals surface area contributed by atoms with Gasteiger partial charge < -0.3 is 49.7 Å². The average Bonchev–Trinajstić information content (AvgIpc) is 3.91. The van der Waals surface area contributed by atoms with Crippen LogP contribution in [-0.2, 0) is 38.6 Å². The molecule has 5 aromatic rings.